The number of nitrogens with zero attached hydrogens (tertiary/aromatic N) is 2. The van der Waals surface area contributed by atoms with Gasteiger partial charge in [-0.05, 0) is 39.0 Å². The fourth-order valence-electron chi connectivity index (χ4n) is 4.16. The molecule has 3 heterocycles. The zero-order chi connectivity index (χ0) is 17.3. The molecule has 2 aliphatic rings. The number of piperidine rings is 1. The Kier molecular flexibility index (Phi) is 5.27. The summed E-state index contributed by atoms with van der Waals surface area (Å²) in [4.78, 5) is 20.1. The fraction of sp³-hybridized carbons (Fsp3) is 0.778. The highest BCUT2D eigenvalue weighted by molar-refractivity contribution is 7.11. The number of amides is 1. The van der Waals surface area contributed by atoms with Crippen LogP contribution in [0.5, 0.6) is 0 Å². The van der Waals surface area contributed by atoms with Gasteiger partial charge in [0.25, 0.3) is 0 Å². The van der Waals surface area contributed by atoms with Crippen molar-refractivity contribution >= 4 is 17.2 Å². The van der Waals surface area contributed by atoms with Gasteiger partial charge in [0, 0.05) is 37.1 Å². The molecule has 0 unspecified atom stereocenters. The molecule has 5 nitrogen and oxygen atoms in total. The normalized spacial score (nSPS) is 29.0. The Labute approximate surface area is 148 Å². The van der Waals surface area contributed by atoms with Crippen LogP contribution in [0.25, 0.3) is 0 Å². The fourth-order valence-corrected chi connectivity index (χ4v) is 5.09. The first-order valence-electron chi connectivity index (χ1n) is 8.91. The second kappa shape index (κ2) is 7.10. The molecular weight excluding hydrogens is 324 g/mol. The van der Waals surface area contributed by atoms with E-state index in [0.717, 1.165) is 41.6 Å². The first-order valence-corrected chi connectivity index (χ1v) is 9.72. The molecule has 0 spiro atoms. The summed E-state index contributed by atoms with van der Waals surface area (Å²) in [6.07, 6.45) is 2.95. The number of hydrogen-bond acceptors (Lipinski definition) is 5. The lowest BCUT2D eigenvalue weighted by Gasteiger charge is -2.48. The summed E-state index contributed by atoms with van der Waals surface area (Å²) >= 11 is 1.61. The molecule has 1 amide bonds. The van der Waals surface area contributed by atoms with Gasteiger partial charge < -0.3 is 14.7 Å². The summed E-state index contributed by atoms with van der Waals surface area (Å²) in [5.74, 6) is 0.551. The lowest BCUT2D eigenvalue weighted by molar-refractivity contribution is -0.150. The van der Waals surface area contributed by atoms with E-state index in [0.29, 0.717) is 31.8 Å². The average Bonchev–Trinajstić information content (AvgIpc) is 2.88. The maximum Gasteiger partial charge on any atom is 0.227 e. The average molecular weight is 353 g/mol. The molecule has 2 aliphatic heterocycles. The third-order valence-electron chi connectivity index (χ3n) is 5.72. The third-order valence-corrected chi connectivity index (χ3v) is 6.79. The number of thiazole rings is 1. The molecule has 0 radical (unpaired) electrons. The van der Waals surface area contributed by atoms with Gasteiger partial charge in [-0.3, -0.25) is 4.79 Å². The van der Waals surface area contributed by atoms with Crippen LogP contribution in [-0.4, -0.2) is 52.8 Å². The third kappa shape index (κ3) is 3.51. The van der Waals surface area contributed by atoms with Crippen LogP contribution >= 0.6 is 11.3 Å². The van der Waals surface area contributed by atoms with E-state index in [4.69, 9.17) is 4.74 Å². The van der Waals surface area contributed by atoms with E-state index in [1.807, 2.05) is 18.7 Å². The Balaban J connectivity index is 1.62. The monoisotopic (exact) mass is 352 g/mol. The number of carbonyl (C=O) groups excluding carboxylic acids is 1. The van der Waals surface area contributed by atoms with Gasteiger partial charge in [-0.1, -0.05) is 6.92 Å². The van der Waals surface area contributed by atoms with Gasteiger partial charge >= 0.3 is 0 Å². The maximum absolute atomic E-state index is 12.7. The van der Waals surface area contributed by atoms with Gasteiger partial charge in [-0.25, -0.2) is 4.98 Å². The van der Waals surface area contributed by atoms with Crippen LogP contribution in [0.15, 0.2) is 0 Å². The molecule has 3 rings (SSSR count). The molecule has 2 saturated heterocycles. The van der Waals surface area contributed by atoms with Gasteiger partial charge in [0.15, 0.2) is 0 Å². The predicted molar refractivity (Wildman–Crippen MR) is 94.1 cm³/mol. The predicted octanol–water partition coefficient (Wildman–Crippen LogP) is 2.33. The van der Waals surface area contributed by atoms with Crippen molar-refractivity contribution in [1.29, 1.82) is 0 Å². The summed E-state index contributed by atoms with van der Waals surface area (Å²) in [5.41, 5.74) is 0.312. The second-order valence-corrected chi connectivity index (χ2v) is 8.57. The number of aryl methyl sites for hydroxylation is 2. The van der Waals surface area contributed by atoms with Crippen LogP contribution in [0.1, 0.15) is 41.8 Å². The lowest BCUT2D eigenvalue weighted by atomic mass is 9.70. The molecule has 0 bridgehead atoms. The van der Waals surface area contributed by atoms with Crippen LogP contribution in [0.3, 0.4) is 0 Å². The largest absolute Gasteiger partial charge is 0.389 e. The molecule has 2 atom stereocenters. The smallest absolute Gasteiger partial charge is 0.227 e. The Morgan fingerprint density at radius 1 is 1.42 bits per heavy atom. The molecule has 0 aliphatic carbocycles. The summed E-state index contributed by atoms with van der Waals surface area (Å²) < 4.78 is 5.43. The minimum atomic E-state index is -0.655. The summed E-state index contributed by atoms with van der Waals surface area (Å²) in [6.45, 7) is 8.80. The molecule has 24 heavy (non-hydrogen) atoms. The Morgan fingerprint density at radius 3 is 2.71 bits per heavy atom. The number of aliphatic hydroxyl groups is 1. The lowest BCUT2D eigenvalue weighted by Crippen LogP contribution is -2.57. The Hall–Kier alpha value is -0.980. The summed E-state index contributed by atoms with van der Waals surface area (Å²) in [6, 6.07) is 0. The molecule has 6 heteroatoms. The van der Waals surface area contributed by atoms with Crippen LogP contribution in [-0.2, 0) is 16.0 Å². The minimum absolute atomic E-state index is 0.0996. The topological polar surface area (TPSA) is 62.7 Å². The van der Waals surface area contributed by atoms with Crippen LogP contribution < -0.4 is 0 Å². The van der Waals surface area contributed by atoms with Crippen molar-refractivity contribution in [2.24, 2.45) is 11.8 Å². The number of ether oxygens (including phenoxy) is 1. The number of carbonyl (C=O) groups is 1. The minimum Gasteiger partial charge on any atom is -0.389 e. The highest BCUT2D eigenvalue weighted by Gasteiger charge is 2.45. The first-order chi connectivity index (χ1) is 11.4. The summed E-state index contributed by atoms with van der Waals surface area (Å²) in [5, 5.41) is 12.2. The zero-order valence-electron chi connectivity index (χ0n) is 14.9. The SMILES string of the molecule is Cc1nc(C)c(CC(=O)N2CC[C@@](O)(C3CCOCC3)[C@H](C)C2)s1. The van der Waals surface area contributed by atoms with Crippen molar-refractivity contribution in [3.8, 4) is 0 Å². The van der Waals surface area contributed by atoms with Crippen LogP contribution in [0.2, 0.25) is 0 Å². The van der Waals surface area contributed by atoms with E-state index < -0.39 is 5.60 Å². The second-order valence-electron chi connectivity index (χ2n) is 7.29. The molecule has 2 fully saturated rings. The van der Waals surface area contributed by atoms with E-state index in [2.05, 4.69) is 11.9 Å². The van der Waals surface area contributed by atoms with Crippen molar-refractivity contribution in [2.75, 3.05) is 26.3 Å². The van der Waals surface area contributed by atoms with Crippen molar-refractivity contribution < 1.29 is 14.6 Å². The molecule has 1 aromatic heterocycles. The number of aromatic nitrogens is 1. The molecular formula is C18H28N2O3S. The molecule has 0 aromatic carbocycles. The number of likely N-dealkylation sites (tertiary alicyclic amines) is 1. The van der Waals surface area contributed by atoms with Crippen molar-refractivity contribution in [3.05, 3.63) is 15.6 Å². The Morgan fingerprint density at radius 2 is 2.12 bits per heavy atom. The molecule has 134 valence electrons. The quantitative estimate of drug-likeness (QED) is 0.907. The standard InChI is InChI=1S/C18H28N2O3S/c1-12-11-20(17(21)10-16-13(2)19-14(3)24-16)7-6-18(12,22)15-4-8-23-9-5-15/h12,15,22H,4-11H2,1-3H3/t12-,18+/m1/s1. The van der Waals surface area contributed by atoms with Gasteiger partial charge in [0.05, 0.1) is 22.7 Å². The van der Waals surface area contributed by atoms with E-state index >= 15 is 0 Å². The maximum atomic E-state index is 12.7. The van der Waals surface area contributed by atoms with Gasteiger partial charge in [-0.2, -0.15) is 0 Å². The Bertz CT molecular complexity index is 597. The van der Waals surface area contributed by atoms with Crippen molar-refractivity contribution in [3.63, 3.8) is 0 Å². The van der Waals surface area contributed by atoms with Crippen molar-refractivity contribution in [1.82, 2.24) is 9.88 Å². The molecule has 1 N–H and O–H groups in total. The molecule has 1 aromatic rings. The van der Waals surface area contributed by atoms with E-state index in [1.165, 1.54) is 0 Å². The van der Waals surface area contributed by atoms with Crippen molar-refractivity contribution in [2.45, 2.75) is 52.1 Å². The zero-order valence-corrected chi connectivity index (χ0v) is 15.7. The highest BCUT2D eigenvalue weighted by Crippen LogP contribution is 2.39. The molecule has 0 saturated carbocycles. The first kappa shape index (κ1) is 17.8. The number of rotatable bonds is 3. The highest BCUT2D eigenvalue weighted by atomic mass is 32.1. The van der Waals surface area contributed by atoms with Crippen LogP contribution in [0.4, 0.5) is 0 Å². The van der Waals surface area contributed by atoms with E-state index in [1.54, 1.807) is 11.3 Å². The van der Waals surface area contributed by atoms with Gasteiger partial charge in [0.2, 0.25) is 5.91 Å². The van der Waals surface area contributed by atoms with E-state index in [9.17, 15) is 9.90 Å². The van der Waals surface area contributed by atoms with Crippen LogP contribution in [0, 0.1) is 25.7 Å². The van der Waals surface area contributed by atoms with Gasteiger partial charge in [0.1, 0.15) is 0 Å². The van der Waals surface area contributed by atoms with Gasteiger partial charge in [-0.15, -0.1) is 11.3 Å². The van der Waals surface area contributed by atoms with E-state index in [-0.39, 0.29) is 11.8 Å². The summed E-state index contributed by atoms with van der Waals surface area (Å²) in [7, 11) is 0. The number of hydrogen-bond donors (Lipinski definition) is 1.